The third-order valence-corrected chi connectivity index (χ3v) is 5.24. The summed E-state index contributed by atoms with van der Waals surface area (Å²) in [7, 11) is 0. The Hall–Kier alpha value is -3.12. The monoisotopic (exact) mass is 408 g/mol. The predicted molar refractivity (Wildman–Crippen MR) is 113 cm³/mol. The number of benzene rings is 2. The molecule has 0 spiro atoms. The van der Waals surface area contributed by atoms with Crippen molar-refractivity contribution in [2.45, 2.75) is 25.9 Å². The molecule has 0 aliphatic carbocycles. The van der Waals surface area contributed by atoms with Crippen LogP contribution >= 0.6 is 11.6 Å². The van der Waals surface area contributed by atoms with Gasteiger partial charge in [0, 0.05) is 23.1 Å². The Morgan fingerprint density at radius 3 is 2.62 bits per heavy atom. The predicted octanol–water partition coefficient (Wildman–Crippen LogP) is 3.82. The highest BCUT2D eigenvalue weighted by molar-refractivity contribution is 6.30. The summed E-state index contributed by atoms with van der Waals surface area (Å²) in [5, 5.41) is 8.21. The first-order chi connectivity index (χ1) is 14.0. The molecule has 0 fully saturated rings. The first-order valence-electron chi connectivity index (χ1n) is 9.50. The van der Waals surface area contributed by atoms with E-state index in [1.54, 1.807) is 16.8 Å². The topological polar surface area (TPSA) is 67.2 Å². The summed E-state index contributed by atoms with van der Waals surface area (Å²) in [5.41, 5.74) is 2.67. The van der Waals surface area contributed by atoms with Crippen molar-refractivity contribution < 1.29 is 9.59 Å². The number of halogens is 1. The van der Waals surface area contributed by atoms with Crippen molar-refractivity contribution >= 4 is 29.2 Å². The van der Waals surface area contributed by atoms with Gasteiger partial charge >= 0.3 is 0 Å². The summed E-state index contributed by atoms with van der Waals surface area (Å²) in [6.45, 7) is 2.39. The highest BCUT2D eigenvalue weighted by Crippen LogP contribution is 2.28. The smallest absolute Gasteiger partial charge is 0.240 e. The van der Waals surface area contributed by atoms with Crippen molar-refractivity contribution in [3.8, 4) is 11.3 Å². The SMILES string of the molecule is C[C@@H](NC(=O)CN1C(=O)CCn2nc(-c3ccc(Cl)cc3)cc21)c1ccccc1. The molecule has 2 aromatic carbocycles. The molecule has 1 aliphatic heterocycles. The van der Waals surface area contributed by atoms with E-state index in [1.807, 2.05) is 55.5 Å². The lowest BCUT2D eigenvalue weighted by atomic mass is 10.1. The molecular formula is C22H21ClN4O2. The van der Waals surface area contributed by atoms with E-state index in [9.17, 15) is 9.59 Å². The quantitative estimate of drug-likeness (QED) is 0.697. The molecule has 1 atom stereocenters. The summed E-state index contributed by atoms with van der Waals surface area (Å²) >= 11 is 5.96. The van der Waals surface area contributed by atoms with Gasteiger partial charge in [-0.2, -0.15) is 5.10 Å². The van der Waals surface area contributed by atoms with Gasteiger partial charge in [-0.3, -0.25) is 14.5 Å². The summed E-state index contributed by atoms with van der Waals surface area (Å²) < 4.78 is 1.78. The number of carbonyl (C=O) groups is 2. The van der Waals surface area contributed by atoms with Crippen LogP contribution in [0.15, 0.2) is 60.7 Å². The molecule has 0 bridgehead atoms. The van der Waals surface area contributed by atoms with Crippen molar-refractivity contribution in [2.75, 3.05) is 11.4 Å². The van der Waals surface area contributed by atoms with Crippen LogP contribution in [0, 0.1) is 0 Å². The van der Waals surface area contributed by atoms with Gasteiger partial charge in [0.2, 0.25) is 11.8 Å². The fourth-order valence-corrected chi connectivity index (χ4v) is 3.57. The van der Waals surface area contributed by atoms with E-state index in [1.165, 1.54) is 4.90 Å². The molecule has 0 unspecified atom stereocenters. The fourth-order valence-electron chi connectivity index (χ4n) is 3.44. The minimum absolute atomic E-state index is 0.0399. The molecule has 3 aromatic rings. The van der Waals surface area contributed by atoms with Gasteiger partial charge in [0.25, 0.3) is 0 Å². The van der Waals surface area contributed by atoms with Crippen LogP contribution in [0.2, 0.25) is 5.02 Å². The average Bonchev–Trinajstić information content (AvgIpc) is 3.16. The standard InChI is InChI=1S/C22H21ClN4O2/c1-15(16-5-3-2-4-6-16)24-20(28)14-26-21-13-19(17-7-9-18(23)10-8-17)25-27(21)12-11-22(26)29/h2-10,13,15H,11-12,14H2,1H3,(H,24,28)/t15-/m1/s1. The maximum atomic E-state index is 12.6. The zero-order valence-electron chi connectivity index (χ0n) is 16.0. The van der Waals surface area contributed by atoms with Crippen LogP contribution in [-0.4, -0.2) is 28.1 Å². The van der Waals surface area contributed by atoms with E-state index in [0.717, 1.165) is 16.8 Å². The van der Waals surface area contributed by atoms with E-state index >= 15 is 0 Å². The van der Waals surface area contributed by atoms with E-state index in [0.29, 0.717) is 23.8 Å². The number of nitrogens with zero attached hydrogens (tertiary/aromatic N) is 3. The van der Waals surface area contributed by atoms with E-state index in [-0.39, 0.29) is 24.4 Å². The number of nitrogens with one attached hydrogen (secondary N) is 1. The second kappa shape index (κ2) is 8.09. The second-order valence-corrected chi connectivity index (χ2v) is 7.48. The number of anilines is 1. The third kappa shape index (κ3) is 4.17. The Morgan fingerprint density at radius 1 is 1.17 bits per heavy atom. The van der Waals surface area contributed by atoms with Crippen LogP contribution in [0.3, 0.4) is 0 Å². The number of amides is 2. The number of fused-ring (bicyclic) bond motifs is 1. The van der Waals surface area contributed by atoms with Crippen LogP contribution in [-0.2, 0) is 16.1 Å². The third-order valence-electron chi connectivity index (χ3n) is 4.99. The average molecular weight is 409 g/mol. The van der Waals surface area contributed by atoms with Crippen molar-refractivity contribution in [1.29, 1.82) is 0 Å². The number of hydrogen-bond acceptors (Lipinski definition) is 3. The zero-order chi connectivity index (χ0) is 20.4. The summed E-state index contributed by atoms with van der Waals surface area (Å²) in [5.74, 6) is 0.341. The maximum absolute atomic E-state index is 12.6. The van der Waals surface area contributed by atoms with Crippen molar-refractivity contribution in [3.05, 3.63) is 71.2 Å². The molecule has 2 amide bonds. The molecule has 0 saturated heterocycles. The molecule has 0 saturated carbocycles. The van der Waals surface area contributed by atoms with E-state index in [2.05, 4.69) is 10.4 Å². The minimum Gasteiger partial charge on any atom is -0.348 e. The van der Waals surface area contributed by atoms with Crippen LogP contribution in [0.1, 0.15) is 24.9 Å². The van der Waals surface area contributed by atoms with Crippen LogP contribution in [0.25, 0.3) is 11.3 Å². The van der Waals surface area contributed by atoms with Gasteiger partial charge in [-0.1, -0.05) is 54.1 Å². The van der Waals surface area contributed by atoms with Gasteiger partial charge in [-0.25, -0.2) is 4.68 Å². The lowest BCUT2D eigenvalue weighted by Gasteiger charge is -2.27. The van der Waals surface area contributed by atoms with Gasteiger partial charge in [-0.05, 0) is 24.6 Å². The van der Waals surface area contributed by atoms with Crippen LogP contribution < -0.4 is 10.2 Å². The highest BCUT2D eigenvalue weighted by atomic mass is 35.5. The number of aryl methyl sites for hydroxylation is 1. The first-order valence-corrected chi connectivity index (χ1v) is 9.87. The largest absolute Gasteiger partial charge is 0.348 e. The molecular weight excluding hydrogens is 388 g/mol. The number of aromatic nitrogens is 2. The van der Waals surface area contributed by atoms with Crippen molar-refractivity contribution in [2.24, 2.45) is 0 Å². The molecule has 6 nitrogen and oxygen atoms in total. The van der Waals surface area contributed by atoms with Gasteiger partial charge in [-0.15, -0.1) is 0 Å². The fraction of sp³-hybridized carbons (Fsp3) is 0.227. The second-order valence-electron chi connectivity index (χ2n) is 7.05. The highest BCUT2D eigenvalue weighted by Gasteiger charge is 2.28. The normalized spacial score (nSPS) is 14.4. The van der Waals surface area contributed by atoms with Crippen LogP contribution in [0.4, 0.5) is 5.82 Å². The summed E-state index contributed by atoms with van der Waals surface area (Å²) in [6.07, 6.45) is 0.316. The Morgan fingerprint density at radius 2 is 1.90 bits per heavy atom. The Labute approximate surface area is 174 Å². The zero-order valence-corrected chi connectivity index (χ0v) is 16.8. The van der Waals surface area contributed by atoms with E-state index in [4.69, 9.17) is 11.6 Å². The van der Waals surface area contributed by atoms with Crippen molar-refractivity contribution in [3.63, 3.8) is 0 Å². The van der Waals surface area contributed by atoms with Gasteiger partial charge in [0.05, 0.1) is 18.3 Å². The lowest BCUT2D eigenvalue weighted by Crippen LogP contribution is -2.44. The molecule has 148 valence electrons. The first kappa shape index (κ1) is 19.2. The lowest BCUT2D eigenvalue weighted by molar-refractivity contribution is -0.124. The Bertz CT molecular complexity index is 1030. The summed E-state index contributed by atoms with van der Waals surface area (Å²) in [6, 6.07) is 18.8. The van der Waals surface area contributed by atoms with Gasteiger partial charge in [0.15, 0.2) is 0 Å². The number of carbonyl (C=O) groups excluding carboxylic acids is 2. The minimum atomic E-state index is -0.211. The molecule has 1 N–H and O–H groups in total. The number of rotatable bonds is 5. The van der Waals surface area contributed by atoms with Gasteiger partial charge < -0.3 is 5.32 Å². The van der Waals surface area contributed by atoms with Gasteiger partial charge in [0.1, 0.15) is 12.4 Å². The van der Waals surface area contributed by atoms with E-state index < -0.39 is 0 Å². The maximum Gasteiger partial charge on any atom is 0.240 e. The van der Waals surface area contributed by atoms with Crippen molar-refractivity contribution in [1.82, 2.24) is 15.1 Å². The molecule has 1 aromatic heterocycles. The Balaban J connectivity index is 1.52. The molecule has 0 radical (unpaired) electrons. The van der Waals surface area contributed by atoms with Crippen LogP contribution in [0.5, 0.6) is 0 Å². The molecule has 4 rings (SSSR count). The molecule has 2 heterocycles. The molecule has 29 heavy (non-hydrogen) atoms. The number of hydrogen-bond donors (Lipinski definition) is 1. The molecule has 7 heteroatoms. The Kier molecular flexibility index (Phi) is 5.36. The molecule has 1 aliphatic rings. The summed E-state index contributed by atoms with van der Waals surface area (Å²) in [4.78, 5) is 26.6.